The highest BCUT2D eigenvalue weighted by Crippen LogP contribution is 2.33. The van der Waals surface area contributed by atoms with Crippen LogP contribution in [0.1, 0.15) is 49.9 Å². The second-order valence-corrected chi connectivity index (χ2v) is 10.3. The molecule has 0 spiro atoms. The summed E-state index contributed by atoms with van der Waals surface area (Å²) >= 11 is 1.08. The lowest BCUT2D eigenvalue weighted by Crippen LogP contribution is -2.31. The monoisotopic (exact) mass is 432 g/mol. The molecule has 0 unspecified atom stereocenters. The Morgan fingerprint density at radius 2 is 2.00 bits per heavy atom. The molecule has 0 radical (unpaired) electrons. The zero-order valence-electron chi connectivity index (χ0n) is 16.6. The van der Waals surface area contributed by atoms with Crippen molar-refractivity contribution in [3.05, 3.63) is 57.2 Å². The Morgan fingerprint density at radius 1 is 1.21 bits per heavy atom. The van der Waals surface area contributed by atoms with E-state index in [2.05, 4.69) is 4.72 Å². The molecular formula is C21H24N2O4S2. The van der Waals surface area contributed by atoms with E-state index in [0.29, 0.717) is 4.70 Å². The van der Waals surface area contributed by atoms with E-state index in [9.17, 15) is 13.2 Å². The number of thiazole rings is 1. The minimum Gasteiger partial charge on any atom is -0.497 e. The number of hydrogen-bond donors (Lipinski definition) is 1. The maximum atomic E-state index is 13.1. The van der Waals surface area contributed by atoms with Gasteiger partial charge in [-0.3, -0.25) is 9.36 Å². The molecule has 1 aromatic heterocycles. The molecule has 29 heavy (non-hydrogen) atoms. The van der Waals surface area contributed by atoms with Crippen LogP contribution < -0.4 is 14.3 Å². The third-order valence-corrected chi connectivity index (χ3v) is 7.76. The van der Waals surface area contributed by atoms with Crippen molar-refractivity contribution in [1.29, 1.82) is 0 Å². The Labute approximate surface area is 174 Å². The fourth-order valence-corrected chi connectivity index (χ4v) is 6.37. The Hall–Kier alpha value is -2.16. The van der Waals surface area contributed by atoms with Gasteiger partial charge in [-0.25, -0.2) is 13.1 Å². The lowest BCUT2D eigenvalue weighted by Gasteiger charge is -2.26. The van der Waals surface area contributed by atoms with E-state index in [1.54, 1.807) is 29.9 Å². The van der Waals surface area contributed by atoms with Crippen molar-refractivity contribution in [2.45, 2.75) is 50.1 Å². The van der Waals surface area contributed by atoms with E-state index >= 15 is 0 Å². The average Bonchev–Trinajstić information content (AvgIpc) is 3.02. The van der Waals surface area contributed by atoms with Crippen molar-refractivity contribution in [3.63, 3.8) is 0 Å². The Kier molecular flexibility index (Phi) is 5.27. The van der Waals surface area contributed by atoms with Gasteiger partial charge < -0.3 is 4.74 Å². The van der Waals surface area contributed by atoms with Crippen molar-refractivity contribution in [3.8, 4) is 5.75 Å². The first-order valence-corrected chi connectivity index (χ1v) is 11.9. The molecule has 0 amide bonds. The molecule has 1 atom stereocenters. The van der Waals surface area contributed by atoms with E-state index in [-0.39, 0.29) is 21.9 Å². The number of ether oxygens (including phenoxy) is 1. The van der Waals surface area contributed by atoms with Gasteiger partial charge in [0.15, 0.2) is 0 Å². The van der Waals surface area contributed by atoms with Crippen molar-refractivity contribution in [2.24, 2.45) is 0 Å². The SMILES string of the molecule is COc1ccc2c(c1)CCC[C@H]2NS(=O)(=O)c1ccc2c(c1)sc(=O)n2C(C)C. The van der Waals surface area contributed by atoms with E-state index in [4.69, 9.17) is 4.74 Å². The number of benzene rings is 2. The second kappa shape index (κ2) is 7.59. The maximum Gasteiger partial charge on any atom is 0.308 e. The summed E-state index contributed by atoms with van der Waals surface area (Å²) in [5.41, 5.74) is 2.88. The van der Waals surface area contributed by atoms with Gasteiger partial charge >= 0.3 is 4.87 Å². The smallest absolute Gasteiger partial charge is 0.308 e. The van der Waals surface area contributed by atoms with Gasteiger partial charge in [-0.15, -0.1) is 0 Å². The lowest BCUT2D eigenvalue weighted by atomic mass is 9.88. The van der Waals surface area contributed by atoms with Crippen LogP contribution in [-0.4, -0.2) is 20.1 Å². The summed E-state index contributed by atoms with van der Waals surface area (Å²) in [6.45, 7) is 3.88. The van der Waals surface area contributed by atoms with Crippen LogP contribution in [0.4, 0.5) is 0 Å². The molecule has 6 nitrogen and oxygen atoms in total. The fourth-order valence-electron chi connectivity index (χ4n) is 3.97. The van der Waals surface area contributed by atoms with E-state index in [1.807, 2.05) is 32.0 Å². The topological polar surface area (TPSA) is 77.4 Å². The van der Waals surface area contributed by atoms with Crippen molar-refractivity contribution < 1.29 is 13.2 Å². The van der Waals surface area contributed by atoms with Gasteiger partial charge in [0, 0.05) is 12.1 Å². The van der Waals surface area contributed by atoms with Crippen molar-refractivity contribution in [1.82, 2.24) is 9.29 Å². The number of sulfonamides is 1. The highest BCUT2D eigenvalue weighted by Gasteiger charge is 2.26. The van der Waals surface area contributed by atoms with Gasteiger partial charge in [0.2, 0.25) is 10.0 Å². The second-order valence-electron chi connectivity index (χ2n) is 7.59. The molecule has 0 saturated heterocycles. The van der Waals surface area contributed by atoms with Crippen molar-refractivity contribution >= 4 is 31.6 Å². The summed E-state index contributed by atoms with van der Waals surface area (Å²) in [5, 5.41) is 0. The normalized spacial score (nSPS) is 16.9. The predicted molar refractivity (Wildman–Crippen MR) is 115 cm³/mol. The van der Waals surface area contributed by atoms with Crippen LogP contribution in [0, 0.1) is 0 Å². The van der Waals surface area contributed by atoms with Gasteiger partial charge in [-0.05, 0) is 74.6 Å². The molecule has 8 heteroatoms. The maximum absolute atomic E-state index is 13.1. The largest absolute Gasteiger partial charge is 0.497 e. The zero-order valence-corrected chi connectivity index (χ0v) is 18.3. The van der Waals surface area contributed by atoms with Crippen molar-refractivity contribution in [2.75, 3.05) is 7.11 Å². The summed E-state index contributed by atoms with van der Waals surface area (Å²) < 4.78 is 36.7. The van der Waals surface area contributed by atoms with Gasteiger partial charge in [0.05, 0.1) is 22.2 Å². The van der Waals surface area contributed by atoms with Gasteiger partial charge in [-0.2, -0.15) is 0 Å². The van der Waals surface area contributed by atoms with Gasteiger partial charge in [0.25, 0.3) is 0 Å². The molecule has 0 saturated carbocycles. The summed E-state index contributed by atoms with van der Waals surface area (Å²) in [7, 11) is -2.09. The molecule has 3 aromatic rings. The van der Waals surface area contributed by atoms with Crippen LogP contribution >= 0.6 is 11.3 Å². The fraction of sp³-hybridized carbons (Fsp3) is 0.381. The first-order valence-electron chi connectivity index (χ1n) is 9.64. The summed E-state index contributed by atoms with van der Waals surface area (Å²) in [6, 6.07) is 10.4. The molecule has 4 rings (SSSR count). The minimum atomic E-state index is -3.72. The Bertz CT molecular complexity index is 1230. The number of rotatable bonds is 5. The van der Waals surface area contributed by atoms with Crippen LogP contribution in [0.15, 0.2) is 46.1 Å². The molecule has 0 fully saturated rings. The van der Waals surface area contributed by atoms with Gasteiger partial charge in [0.1, 0.15) is 5.75 Å². The number of hydrogen-bond acceptors (Lipinski definition) is 5. The van der Waals surface area contributed by atoms with Crippen LogP contribution in [-0.2, 0) is 16.4 Å². The number of fused-ring (bicyclic) bond motifs is 2. The molecule has 0 bridgehead atoms. The lowest BCUT2D eigenvalue weighted by molar-refractivity contribution is 0.412. The third kappa shape index (κ3) is 3.72. The van der Waals surface area contributed by atoms with Gasteiger partial charge in [-0.1, -0.05) is 17.4 Å². The van der Waals surface area contributed by atoms with Crippen LogP contribution in [0.2, 0.25) is 0 Å². The summed E-state index contributed by atoms with van der Waals surface area (Å²) in [4.78, 5) is 12.4. The first-order chi connectivity index (χ1) is 13.8. The Morgan fingerprint density at radius 3 is 2.72 bits per heavy atom. The van der Waals surface area contributed by atoms with E-state index in [1.165, 1.54) is 0 Å². The summed E-state index contributed by atoms with van der Waals surface area (Å²) in [6.07, 6.45) is 2.57. The average molecular weight is 433 g/mol. The molecule has 2 aromatic carbocycles. The molecular weight excluding hydrogens is 408 g/mol. The number of methoxy groups -OCH3 is 1. The Balaban J connectivity index is 1.67. The summed E-state index contributed by atoms with van der Waals surface area (Å²) in [5.74, 6) is 0.780. The first kappa shape index (κ1) is 20.1. The highest BCUT2D eigenvalue weighted by atomic mass is 32.2. The standard InChI is InChI=1S/C21H24N2O4S2/c1-13(2)23-19-10-8-16(12-20(19)28-21(23)24)29(25,26)22-18-6-4-5-14-11-15(27-3)7-9-17(14)18/h7-13,18,22H,4-6H2,1-3H3/t18-/m1/s1. The highest BCUT2D eigenvalue weighted by molar-refractivity contribution is 7.89. The molecule has 1 aliphatic carbocycles. The number of nitrogens with one attached hydrogen (secondary N) is 1. The predicted octanol–water partition coefficient (Wildman–Crippen LogP) is 4.01. The zero-order chi connectivity index (χ0) is 20.8. The minimum absolute atomic E-state index is 0.0209. The molecule has 1 N–H and O–H groups in total. The molecule has 1 heterocycles. The molecule has 0 aliphatic heterocycles. The van der Waals surface area contributed by atoms with Crippen LogP contribution in [0.25, 0.3) is 10.2 Å². The number of aryl methyl sites for hydroxylation is 1. The van der Waals surface area contributed by atoms with E-state index in [0.717, 1.165) is 53.0 Å². The van der Waals surface area contributed by atoms with Crippen LogP contribution in [0.5, 0.6) is 5.75 Å². The number of aromatic nitrogens is 1. The molecule has 154 valence electrons. The number of nitrogens with zero attached hydrogens (tertiary/aromatic N) is 1. The quantitative estimate of drug-likeness (QED) is 0.661. The molecule has 1 aliphatic rings. The van der Waals surface area contributed by atoms with Crippen LogP contribution in [0.3, 0.4) is 0 Å². The third-order valence-electron chi connectivity index (χ3n) is 5.37. The van der Waals surface area contributed by atoms with E-state index < -0.39 is 10.0 Å².